The van der Waals surface area contributed by atoms with Gasteiger partial charge in [0.15, 0.2) is 5.01 Å². The fraction of sp³-hybridized carbons (Fsp3) is 0.333. The van der Waals surface area contributed by atoms with Crippen LogP contribution in [0.5, 0.6) is 0 Å². The molecular formula is C12H12F3N3S. The number of rotatable bonds is 5. The minimum absolute atomic E-state index is 0.134. The van der Waals surface area contributed by atoms with Crippen molar-refractivity contribution in [1.29, 1.82) is 0 Å². The Kier molecular flexibility index (Phi) is 4.49. The van der Waals surface area contributed by atoms with Crippen molar-refractivity contribution in [3.05, 3.63) is 34.6 Å². The van der Waals surface area contributed by atoms with Gasteiger partial charge in [-0.05, 0) is 20.0 Å². The first-order valence-corrected chi connectivity index (χ1v) is 6.55. The standard InChI is InChI=1S/C12H12F3N3S/c1-16-4-2-3-10-17-18-12(19-10)11-8(14)5-7(13)6-9(11)15/h5-6,16H,2-4H2,1H3. The maximum Gasteiger partial charge on any atom is 0.153 e. The van der Waals surface area contributed by atoms with E-state index in [1.165, 1.54) is 0 Å². The third kappa shape index (κ3) is 3.30. The molecule has 1 aromatic carbocycles. The van der Waals surface area contributed by atoms with Crippen molar-refractivity contribution in [2.75, 3.05) is 13.6 Å². The molecule has 0 saturated carbocycles. The summed E-state index contributed by atoms with van der Waals surface area (Å²) < 4.78 is 39.9. The Morgan fingerprint density at radius 1 is 1.16 bits per heavy atom. The van der Waals surface area contributed by atoms with E-state index in [2.05, 4.69) is 15.5 Å². The first kappa shape index (κ1) is 14.0. The molecule has 0 radical (unpaired) electrons. The molecule has 0 atom stereocenters. The van der Waals surface area contributed by atoms with Crippen LogP contribution in [0.4, 0.5) is 13.2 Å². The van der Waals surface area contributed by atoms with Crippen molar-refractivity contribution >= 4 is 11.3 Å². The van der Waals surface area contributed by atoms with Crippen molar-refractivity contribution < 1.29 is 13.2 Å². The van der Waals surface area contributed by atoms with Gasteiger partial charge in [-0.15, -0.1) is 10.2 Å². The fourth-order valence-electron chi connectivity index (χ4n) is 1.62. The van der Waals surface area contributed by atoms with Crippen molar-refractivity contribution in [2.45, 2.75) is 12.8 Å². The van der Waals surface area contributed by atoms with Crippen LogP contribution in [0, 0.1) is 17.5 Å². The highest BCUT2D eigenvalue weighted by Gasteiger charge is 2.17. The topological polar surface area (TPSA) is 37.8 Å². The van der Waals surface area contributed by atoms with Gasteiger partial charge in [-0.25, -0.2) is 13.2 Å². The molecule has 7 heteroatoms. The number of hydrogen-bond acceptors (Lipinski definition) is 4. The molecule has 0 aliphatic heterocycles. The van der Waals surface area contributed by atoms with Gasteiger partial charge in [0.25, 0.3) is 0 Å². The monoisotopic (exact) mass is 287 g/mol. The van der Waals surface area contributed by atoms with Crippen LogP contribution in [0.1, 0.15) is 11.4 Å². The Morgan fingerprint density at radius 3 is 2.47 bits per heavy atom. The molecule has 0 bridgehead atoms. The van der Waals surface area contributed by atoms with Crippen molar-refractivity contribution in [2.24, 2.45) is 0 Å². The van der Waals surface area contributed by atoms with Crippen LogP contribution in [-0.2, 0) is 6.42 Å². The van der Waals surface area contributed by atoms with Crippen molar-refractivity contribution in [3.63, 3.8) is 0 Å². The second-order valence-electron chi connectivity index (χ2n) is 3.95. The maximum atomic E-state index is 13.6. The number of aryl methyl sites for hydroxylation is 1. The maximum absolute atomic E-state index is 13.6. The Bertz CT molecular complexity index is 548. The lowest BCUT2D eigenvalue weighted by Gasteiger charge is -2.00. The molecule has 2 rings (SSSR count). The Hall–Kier alpha value is -1.47. The molecule has 0 fully saturated rings. The quantitative estimate of drug-likeness (QED) is 0.859. The van der Waals surface area contributed by atoms with E-state index in [4.69, 9.17) is 0 Å². The average molecular weight is 287 g/mol. The summed E-state index contributed by atoms with van der Waals surface area (Å²) in [4.78, 5) is 0. The number of aromatic nitrogens is 2. The molecule has 2 aromatic rings. The normalized spacial score (nSPS) is 10.9. The van der Waals surface area contributed by atoms with E-state index in [1.54, 1.807) is 0 Å². The molecule has 19 heavy (non-hydrogen) atoms. The number of nitrogens with one attached hydrogen (secondary N) is 1. The van der Waals surface area contributed by atoms with E-state index >= 15 is 0 Å². The zero-order chi connectivity index (χ0) is 13.8. The van der Waals surface area contributed by atoms with Gasteiger partial charge in [-0.2, -0.15) is 0 Å². The van der Waals surface area contributed by atoms with E-state index in [-0.39, 0.29) is 10.6 Å². The summed E-state index contributed by atoms with van der Waals surface area (Å²) in [5.41, 5.74) is -0.321. The lowest BCUT2D eigenvalue weighted by molar-refractivity contribution is 0.547. The Morgan fingerprint density at radius 2 is 1.84 bits per heavy atom. The van der Waals surface area contributed by atoms with Gasteiger partial charge < -0.3 is 5.32 Å². The lowest BCUT2D eigenvalue weighted by Crippen LogP contribution is -2.08. The third-order valence-electron chi connectivity index (χ3n) is 2.51. The summed E-state index contributed by atoms with van der Waals surface area (Å²) in [6.07, 6.45) is 1.54. The molecule has 1 N–H and O–H groups in total. The van der Waals surface area contributed by atoms with E-state index in [9.17, 15) is 13.2 Å². The molecule has 0 aliphatic rings. The fourth-order valence-corrected chi connectivity index (χ4v) is 2.55. The number of benzene rings is 1. The van der Waals surface area contributed by atoms with Crippen LogP contribution in [0.3, 0.4) is 0 Å². The third-order valence-corrected chi connectivity index (χ3v) is 3.51. The zero-order valence-corrected chi connectivity index (χ0v) is 11.0. The minimum atomic E-state index is -0.963. The molecular weight excluding hydrogens is 275 g/mol. The number of hydrogen-bond donors (Lipinski definition) is 1. The predicted octanol–water partition coefficient (Wildman–Crippen LogP) is 2.77. The molecule has 3 nitrogen and oxygen atoms in total. The van der Waals surface area contributed by atoms with E-state index in [0.29, 0.717) is 23.6 Å². The summed E-state index contributed by atoms with van der Waals surface area (Å²) in [5, 5.41) is 11.5. The minimum Gasteiger partial charge on any atom is -0.320 e. The molecule has 0 amide bonds. The highest BCUT2D eigenvalue weighted by Crippen LogP contribution is 2.29. The molecule has 1 heterocycles. The van der Waals surface area contributed by atoms with Gasteiger partial charge >= 0.3 is 0 Å². The van der Waals surface area contributed by atoms with Crippen LogP contribution in [0.25, 0.3) is 10.6 Å². The van der Waals surface area contributed by atoms with Gasteiger partial charge in [0.05, 0.1) is 5.56 Å². The van der Waals surface area contributed by atoms with Gasteiger partial charge in [0.2, 0.25) is 0 Å². The van der Waals surface area contributed by atoms with Crippen LogP contribution >= 0.6 is 11.3 Å². The van der Waals surface area contributed by atoms with E-state index in [1.807, 2.05) is 7.05 Å². The summed E-state index contributed by atoms with van der Waals surface area (Å²) in [6, 6.07) is 1.28. The van der Waals surface area contributed by atoms with Crippen LogP contribution in [-0.4, -0.2) is 23.8 Å². The lowest BCUT2D eigenvalue weighted by atomic mass is 10.2. The summed E-state index contributed by atoms with van der Waals surface area (Å²) in [6.45, 7) is 0.828. The second kappa shape index (κ2) is 6.12. The SMILES string of the molecule is CNCCCc1nnc(-c2c(F)cc(F)cc2F)s1. The van der Waals surface area contributed by atoms with E-state index < -0.39 is 17.5 Å². The molecule has 0 saturated heterocycles. The van der Waals surface area contributed by atoms with Gasteiger partial charge in [0.1, 0.15) is 22.5 Å². The number of nitrogens with zero attached hydrogens (tertiary/aromatic N) is 2. The highest BCUT2D eigenvalue weighted by atomic mass is 32.1. The van der Waals surface area contributed by atoms with Gasteiger partial charge in [-0.1, -0.05) is 11.3 Å². The highest BCUT2D eigenvalue weighted by molar-refractivity contribution is 7.14. The summed E-state index contributed by atoms with van der Waals surface area (Å²) in [5.74, 6) is -2.87. The molecule has 0 spiro atoms. The van der Waals surface area contributed by atoms with Gasteiger partial charge in [-0.3, -0.25) is 0 Å². The average Bonchev–Trinajstić information content (AvgIpc) is 2.76. The molecule has 0 aliphatic carbocycles. The molecule has 1 aromatic heterocycles. The smallest absolute Gasteiger partial charge is 0.153 e. The number of halogens is 3. The van der Waals surface area contributed by atoms with Crippen molar-refractivity contribution in [3.8, 4) is 10.6 Å². The Labute approximate surface area is 112 Å². The Balaban J connectivity index is 2.23. The first-order valence-electron chi connectivity index (χ1n) is 5.73. The van der Waals surface area contributed by atoms with Crippen molar-refractivity contribution in [1.82, 2.24) is 15.5 Å². The van der Waals surface area contributed by atoms with E-state index in [0.717, 1.165) is 24.3 Å². The van der Waals surface area contributed by atoms with Crippen LogP contribution < -0.4 is 5.32 Å². The van der Waals surface area contributed by atoms with Gasteiger partial charge in [0, 0.05) is 18.6 Å². The van der Waals surface area contributed by atoms with Crippen LogP contribution in [0.15, 0.2) is 12.1 Å². The predicted molar refractivity (Wildman–Crippen MR) is 67.5 cm³/mol. The molecule has 102 valence electrons. The first-order chi connectivity index (χ1) is 9.11. The summed E-state index contributed by atoms with van der Waals surface area (Å²) in [7, 11) is 1.84. The largest absolute Gasteiger partial charge is 0.320 e. The summed E-state index contributed by atoms with van der Waals surface area (Å²) >= 11 is 1.12. The second-order valence-corrected chi connectivity index (χ2v) is 5.01. The molecule has 0 unspecified atom stereocenters. The zero-order valence-electron chi connectivity index (χ0n) is 10.2. The van der Waals surface area contributed by atoms with Crippen LogP contribution in [0.2, 0.25) is 0 Å².